The molecule has 1 aliphatic heterocycles. The lowest BCUT2D eigenvalue weighted by molar-refractivity contribution is 0.0596. The number of amides is 1. The molecular formula is C20H24N2O5. The lowest BCUT2D eigenvalue weighted by atomic mass is 9.98. The number of methoxy groups -OCH3 is 1. The first kappa shape index (κ1) is 19.0. The number of fused-ring (bicyclic) bond motifs is 1. The molecule has 2 aromatic carbocycles. The van der Waals surface area contributed by atoms with Crippen LogP contribution in [0.25, 0.3) is 10.8 Å². The van der Waals surface area contributed by atoms with E-state index >= 15 is 0 Å². The van der Waals surface area contributed by atoms with Gasteiger partial charge in [-0.1, -0.05) is 24.3 Å². The van der Waals surface area contributed by atoms with E-state index in [0.717, 1.165) is 10.8 Å². The number of ether oxygens (including phenoxy) is 2. The Bertz CT molecular complexity index is 844. The Morgan fingerprint density at radius 1 is 1.15 bits per heavy atom. The number of phenolic OH excluding ortho intramolecular Hbond substituents is 1. The van der Waals surface area contributed by atoms with Gasteiger partial charge in [0, 0.05) is 38.3 Å². The quantitative estimate of drug-likeness (QED) is 0.831. The second-order valence-corrected chi connectivity index (χ2v) is 6.43. The Morgan fingerprint density at radius 2 is 1.85 bits per heavy atom. The molecule has 27 heavy (non-hydrogen) atoms. The Hall–Kier alpha value is -2.80. The van der Waals surface area contributed by atoms with Crippen molar-refractivity contribution in [1.29, 1.82) is 0 Å². The topological polar surface area (TPSA) is 79.3 Å². The maximum absolute atomic E-state index is 12.0. The highest BCUT2D eigenvalue weighted by atomic mass is 16.6. The fraction of sp³-hybridized carbons (Fsp3) is 0.400. The largest absolute Gasteiger partial charge is 0.507 e. The van der Waals surface area contributed by atoms with Crippen LogP contribution in [0.5, 0.6) is 5.75 Å². The third-order valence-corrected chi connectivity index (χ3v) is 4.81. The van der Waals surface area contributed by atoms with Crippen LogP contribution in [-0.4, -0.2) is 66.9 Å². The van der Waals surface area contributed by atoms with Crippen LogP contribution < -0.4 is 0 Å². The summed E-state index contributed by atoms with van der Waals surface area (Å²) in [5.74, 6) is -0.611. The van der Waals surface area contributed by atoms with Gasteiger partial charge in [-0.2, -0.15) is 0 Å². The van der Waals surface area contributed by atoms with Crippen molar-refractivity contribution < 1.29 is 24.2 Å². The van der Waals surface area contributed by atoms with Crippen molar-refractivity contribution in [2.75, 3.05) is 39.9 Å². The average molecular weight is 372 g/mol. The number of phenols is 1. The highest BCUT2D eigenvalue weighted by molar-refractivity contribution is 6.00. The van der Waals surface area contributed by atoms with E-state index in [9.17, 15) is 14.7 Å². The molecule has 0 aliphatic carbocycles. The van der Waals surface area contributed by atoms with Crippen LogP contribution in [0.4, 0.5) is 4.79 Å². The number of carbonyl (C=O) groups excluding carboxylic acids is 2. The van der Waals surface area contributed by atoms with Gasteiger partial charge < -0.3 is 19.5 Å². The van der Waals surface area contributed by atoms with E-state index in [-0.39, 0.29) is 17.4 Å². The van der Waals surface area contributed by atoms with Crippen molar-refractivity contribution in [2.45, 2.75) is 13.5 Å². The summed E-state index contributed by atoms with van der Waals surface area (Å²) in [6.45, 7) is 5.08. The monoisotopic (exact) mass is 372 g/mol. The van der Waals surface area contributed by atoms with Gasteiger partial charge in [-0.05, 0) is 23.8 Å². The maximum atomic E-state index is 12.0. The van der Waals surface area contributed by atoms with E-state index < -0.39 is 5.97 Å². The van der Waals surface area contributed by atoms with Crippen LogP contribution in [0.15, 0.2) is 30.3 Å². The standard InChI is InChI=1S/C20H24N2O5/c1-3-27-20(25)22-10-8-21(9-11-22)13-17-15-7-5-4-6-14(15)12-16(18(17)23)19(24)26-2/h4-7,12,23H,3,8-11,13H2,1-2H3. The first-order valence-electron chi connectivity index (χ1n) is 9.01. The molecule has 3 rings (SSSR count). The summed E-state index contributed by atoms with van der Waals surface area (Å²) in [5.41, 5.74) is 0.856. The van der Waals surface area contributed by atoms with Gasteiger partial charge in [0.1, 0.15) is 11.3 Å². The van der Waals surface area contributed by atoms with E-state index in [0.29, 0.717) is 44.9 Å². The summed E-state index contributed by atoms with van der Waals surface area (Å²) in [6, 6.07) is 9.28. The van der Waals surface area contributed by atoms with E-state index in [1.165, 1.54) is 7.11 Å². The number of nitrogens with zero attached hydrogens (tertiary/aromatic N) is 2. The van der Waals surface area contributed by atoms with Crippen molar-refractivity contribution in [3.63, 3.8) is 0 Å². The van der Waals surface area contributed by atoms with Crippen molar-refractivity contribution in [3.8, 4) is 5.75 Å². The molecule has 0 radical (unpaired) electrons. The number of rotatable bonds is 4. The lowest BCUT2D eigenvalue weighted by Gasteiger charge is -2.34. The number of piperazine rings is 1. The van der Waals surface area contributed by atoms with Crippen molar-refractivity contribution in [1.82, 2.24) is 9.80 Å². The number of benzene rings is 2. The molecule has 0 saturated carbocycles. The fourth-order valence-electron chi connectivity index (χ4n) is 3.36. The molecular weight excluding hydrogens is 348 g/mol. The van der Waals surface area contributed by atoms with Crippen LogP contribution in [0.1, 0.15) is 22.8 Å². The zero-order valence-electron chi connectivity index (χ0n) is 15.6. The van der Waals surface area contributed by atoms with Gasteiger partial charge in [-0.25, -0.2) is 9.59 Å². The average Bonchev–Trinajstić information content (AvgIpc) is 2.70. The molecule has 1 amide bonds. The molecule has 1 N–H and O–H groups in total. The summed E-state index contributed by atoms with van der Waals surface area (Å²) in [7, 11) is 1.30. The third-order valence-electron chi connectivity index (χ3n) is 4.81. The molecule has 2 aromatic rings. The van der Waals surface area contributed by atoms with Gasteiger partial charge in [0.2, 0.25) is 0 Å². The van der Waals surface area contributed by atoms with Gasteiger partial charge in [-0.3, -0.25) is 4.90 Å². The van der Waals surface area contributed by atoms with E-state index in [2.05, 4.69) is 4.90 Å². The molecule has 144 valence electrons. The van der Waals surface area contributed by atoms with Gasteiger partial charge in [-0.15, -0.1) is 0 Å². The second-order valence-electron chi connectivity index (χ2n) is 6.43. The van der Waals surface area contributed by atoms with Crippen LogP contribution in [0, 0.1) is 0 Å². The summed E-state index contributed by atoms with van der Waals surface area (Å²) in [5, 5.41) is 12.5. The molecule has 7 heteroatoms. The number of hydrogen-bond acceptors (Lipinski definition) is 6. The van der Waals surface area contributed by atoms with Gasteiger partial charge in [0.05, 0.1) is 13.7 Å². The Morgan fingerprint density at radius 3 is 2.52 bits per heavy atom. The predicted molar refractivity (Wildman–Crippen MR) is 101 cm³/mol. The maximum Gasteiger partial charge on any atom is 0.409 e. The summed E-state index contributed by atoms with van der Waals surface area (Å²) in [6.07, 6.45) is -0.293. The molecule has 0 unspecified atom stereocenters. The van der Waals surface area contributed by atoms with E-state index in [4.69, 9.17) is 9.47 Å². The van der Waals surface area contributed by atoms with Gasteiger partial charge >= 0.3 is 12.1 Å². The van der Waals surface area contributed by atoms with Crippen molar-refractivity contribution in [2.24, 2.45) is 0 Å². The van der Waals surface area contributed by atoms with Gasteiger partial charge in [0.15, 0.2) is 0 Å². The minimum atomic E-state index is -0.563. The highest BCUT2D eigenvalue weighted by Crippen LogP contribution is 2.33. The van der Waals surface area contributed by atoms with Crippen LogP contribution >= 0.6 is 0 Å². The van der Waals surface area contributed by atoms with Crippen LogP contribution in [-0.2, 0) is 16.0 Å². The first-order valence-corrected chi connectivity index (χ1v) is 9.01. The molecule has 1 heterocycles. The van der Waals surface area contributed by atoms with Crippen molar-refractivity contribution in [3.05, 3.63) is 41.5 Å². The number of carbonyl (C=O) groups is 2. The zero-order chi connectivity index (χ0) is 19.4. The summed E-state index contributed by atoms with van der Waals surface area (Å²) >= 11 is 0. The predicted octanol–water partition coefficient (Wildman–Crippen LogP) is 2.61. The van der Waals surface area contributed by atoms with E-state index in [1.54, 1.807) is 17.9 Å². The minimum Gasteiger partial charge on any atom is -0.507 e. The number of esters is 1. The molecule has 0 spiro atoms. The number of aromatic hydroxyl groups is 1. The first-order chi connectivity index (χ1) is 13.0. The summed E-state index contributed by atoms with van der Waals surface area (Å²) < 4.78 is 9.85. The molecule has 0 atom stereocenters. The van der Waals surface area contributed by atoms with Crippen LogP contribution in [0.2, 0.25) is 0 Å². The van der Waals surface area contributed by atoms with Crippen molar-refractivity contribution >= 4 is 22.8 Å². The van der Waals surface area contributed by atoms with Gasteiger partial charge in [0.25, 0.3) is 0 Å². The SMILES string of the molecule is CCOC(=O)N1CCN(Cc2c(O)c(C(=O)OC)cc3ccccc23)CC1. The fourth-order valence-corrected chi connectivity index (χ4v) is 3.36. The molecule has 1 fully saturated rings. The third kappa shape index (κ3) is 3.98. The zero-order valence-corrected chi connectivity index (χ0v) is 15.6. The second kappa shape index (κ2) is 8.26. The Labute approximate surface area is 158 Å². The van der Waals surface area contributed by atoms with Crippen LogP contribution in [0.3, 0.4) is 0 Å². The molecule has 7 nitrogen and oxygen atoms in total. The van der Waals surface area contributed by atoms with E-state index in [1.807, 2.05) is 24.3 Å². The Balaban J connectivity index is 1.84. The highest BCUT2D eigenvalue weighted by Gasteiger charge is 2.25. The molecule has 1 aliphatic rings. The Kier molecular flexibility index (Phi) is 5.81. The smallest absolute Gasteiger partial charge is 0.409 e. The molecule has 0 aromatic heterocycles. The minimum absolute atomic E-state index is 0.0478. The normalized spacial score (nSPS) is 15.0. The molecule has 0 bridgehead atoms. The number of hydrogen-bond donors (Lipinski definition) is 1. The molecule has 1 saturated heterocycles. The lowest BCUT2D eigenvalue weighted by Crippen LogP contribution is -2.48. The summed E-state index contributed by atoms with van der Waals surface area (Å²) in [4.78, 5) is 27.7.